The maximum Gasteiger partial charge on any atom is 0.416 e. The highest BCUT2D eigenvalue weighted by atomic mass is 32.2. The van der Waals surface area contributed by atoms with Gasteiger partial charge >= 0.3 is 6.18 Å². The van der Waals surface area contributed by atoms with Crippen LogP contribution in [-0.4, -0.2) is 42.1 Å². The molecule has 1 aromatic heterocycles. The van der Waals surface area contributed by atoms with Crippen LogP contribution in [0.1, 0.15) is 36.9 Å². The number of ketones is 1. The first-order valence-corrected chi connectivity index (χ1v) is 13.5. The lowest BCUT2D eigenvalue weighted by atomic mass is 10.0. The number of rotatable bonds is 7. The summed E-state index contributed by atoms with van der Waals surface area (Å²) in [5, 5.41) is 5.00. The Morgan fingerprint density at radius 3 is 2.39 bits per heavy atom. The number of nitrogens with one attached hydrogen (secondary N) is 1. The van der Waals surface area contributed by atoms with Gasteiger partial charge in [-0.3, -0.25) is 9.59 Å². The summed E-state index contributed by atoms with van der Waals surface area (Å²) in [6, 6.07) is 9.27. The maximum atomic E-state index is 12.6. The number of aromatic amines is 1. The summed E-state index contributed by atoms with van der Waals surface area (Å²) in [4.78, 5) is 57.2. The van der Waals surface area contributed by atoms with Crippen molar-refractivity contribution < 1.29 is 26.4 Å². The summed E-state index contributed by atoms with van der Waals surface area (Å²) >= 11 is 0. The number of benzene rings is 2. The second kappa shape index (κ2) is 13.1. The smallest absolute Gasteiger partial charge is 0.305 e. The number of carbonyl (C=O) groups excluding carboxylic acids is 1. The summed E-state index contributed by atoms with van der Waals surface area (Å²) in [6.45, 7) is 1.91. The first-order chi connectivity index (χ1) is 19.4. The molecule has 3 aromatic rings. The summed E-state index contributed by atoms with van der Waals surface area (Å²) in [7, 11) is -3.48. The number of alkyl halides is 3. The average molecular weight is 591 g/mol. The number of halogens is 3. The van der Waals surface area contributed by atoms with E-state index >= 15 is 0 Å². The second-order valence-corrected chi connectivity index (χ2v) is 10.5. The zero-order chi connectivity index (χ0) is 30.2. The van der Waals surface area contributed by atoms with Gasteiger partial charge in [0.25, 0.3) is 11.5 Å². The lowest BCUT2D eigenvalue weighted by molar-refractivity contribution is -0.137. The number of aliphatic imine (C=N–C) groups is 2. The summed E-state index contributed by atoms with van der Waals surface area (Å²) < 4.78 is 62.5. The Hall–Kier alpha value is -4.73. The largest absolute Gasteiger partial charge is 0.416 e. The molecule has 214 valence electrons. The van der Waals surface area contributed by atoms with Crippen LogP contribution in [0, 0.1) is 9.81 Å². The zero-order valence-electron chi connectivity index (χ0n) is 21.2. The van der Waals surface area contributed by atoms with Crippen molar-refractivity contribution in [2.24, 2.45) is 20.3 Å². The SMILES string of the molecule is CCCCS(=O)(=O)c1ccccc1-c1ncc(N=O)c(=O)[nH]1.O=NC1=NC(c2cccc(C(F)(F)F)c2)C(=O)C=N1. The molecule has 0 saturated heterocycles. The lowest BCUT2D eigenvalue weighted by Crippen LogP contribution is -2.18. The third-order valence-electron chi connectivity index (χ3n) is 5.56. The van der Waals surface area contributed by atoms with E-state index in [1.54, 1.807) is 18.2 Å². The number of hydrogen-bond donors (Lipinski definition) is 1. The molecule has 2 heterocycles. The quantitative estimate of drug-likeness (QED) is 0.379. The Kier molecular flexibility index (Phi) is 9.83. The minimum absolute atomic E-state index is 0.0265. The van der Waals surface area contributed by atoms with E-state index in [9.17, 15) is 41.0 Å². The normalized spacial score (nSPS) is 15.0. The van der Waals surface area contributed by atoms with E-state index in [0.717, 1.165) is 31.0 Å². The van der Waals surface area contributed by atoms with E-state index in [4.69, 9.17) is 0 Å². The van der Waals surface area contributed by atoms with E-state index in [1.807, 2.05) is 6.92 Å². The Balaban J connectivity index is 0.000000228. The number of unbranched alkanes of at least 4 members (excludes halogenated alkanes) is 1. The molecule has 1 aliphatic heterocycles. The van der Waals surface area contributed by atoms with Crippen molar-refractivity contribution in [2.45, 2.75) is 36.9 Å². The van der Waals surface area contributed by atoms with Crippen molar-refractivity contribution >= 4 is 33.5 Å². The van der Waals surface area contributed by atoms with E-state index < -0.39 is 44.9 Å². The zero-order valence-corrected chi connectivity index (χ0v) is 22.0. The van der Waals surface area contributed by atoms with Gasteiger partial charge in [0, 0.05) is 10.7 Å². The van der Waals surface area contributed by atoms with E-state index in [1.165, 1.54) is 18.2 Å². The fraction of sp³-hybridized carbons (Fsp3) is 0.240. The molecule has 0 radical (unpaired) electrons. The van der Waals surface area contributed by atoms with Crippen molar-refractivity contribution in [1.29, 1.82) is 0 Å². The van der Waals surface area contributed by atoms with Gasteiger partial charge < -0.3 is 4.98 Å². The highest BCUT2D eigenvalue weighted by Crippen LogP contribution is 2.32. The van der Waals surface area contributed by atoms with E-state index in [0.29, 0.717) is 12.0 Å². The van der Waals surface area contributed by atoms with Crippen molar-refractivity contribution in [3.05, 3.63) is 86.0 Å². The molecule has 0 fully saturated rings. The summed E-state index contributed by atoms with van der Waals surface area (Å²) in [5.41, 5.74) is -1.62. The van der Waals surface area contributed by atoms with Crippen LogP contribution >= 0.6 is 0 Å². The predicted molar refractivity (Wildman–Crippen MR) is 144 cm³/mol. The molecular formula is C25H21F3N6O6S. The van der Waals surface area contributed by atoms with Crippen LogP contribution in [0.3, 0.4) is 0 Å². The first-order valence-electron chi connectivity index (χ1n) is 11.8. The minimum Gasteiger partial charge on any atom is -0.305 e. The van der Waals surface area contributed by atoms with Crippen LogP contribution in [-0.2, 0) is 20.8 Å². The van der Waals surface area contributed by atoms with Gasteiger partial charge in [-0.15, -0.1) is 9.81 Å². The van der Waals surface area contributed by atoms with Gasteiger partial charge in [-0.2, -0.15) is 13.2 Å². The number of nitroso groups, excluding NO2 is 2. The molecule has 0 amide bonds. The fourth-order valence-corrected chi connectivity index (χ4v) is 5.22. The molecule has 1 atom stereocenters. The van der Waals surface area contributed by atoms with Crippen LogP contribution in [0.25, 0.3) is 11.4 Å². The monoisotopic (exact) mass is 590 g/mol. The standard InChI is InChI=1S/C14H15N3O4S.C11H6F3N3O2/c1-2-3-8-22(20,21)12-7-5-4-6-10(12)13-15-9-11(17-19)14(18)16-13;12-11(13,14)7-3-1-2-6(4-7)9-8(18)5-15-10(16-9)17-19/h4-7,9H,2-3,8H2,1H3,(H,15,16,18);1-5,9H. The summed E-state index contributed by atoms with van der Waals surface area (Å²) in [5.74, 6) is -0.958. The molecule has 0 aliphatic carbocycles. The Bertz CT molecular complexity index is 1690. The number of guanidine groups is 1. The van der Waals surface area contributed by atoms with Crippen molar-refractivity contribution in [2.75, 3.05) is 5.75 Å². The molecular weight excluding hydrogens is 569 g/mol. The van der Waals surface area contributed by atoms with Crippen LogP contribution in [0.2, 0.25) is 0 Å². The second-order valence-electron chi connectivity index (χ2n) is 8.41. The van der Waals surface area contributed by atoms with Gasteiger partial charge in [0.15, 0.2) is 15.5 Å². The molecule has 1 aliphatic rings. The molecule has 41 heavy (non-hydrogen) atoms. The van der Waals surface area contributed by atoms with Crippen LogP contribution in [0.4, 0.5) is 18.9 Å². The van der Waals surface area contributed by atoms with Gasteiger partial charge in [0.05, 0.1) is 28.6 Å². The fourth-order valence-electron chi connectivity index (χ4n) is 3.54. The van der Waals surface area contributed by atoms with E-state index in [-0.39, 0.29) is 27.7 Å². The van der Waals surface area contributed by atoms with Crippen LogP contribution in [0.15, 0.2) is 84.8 Å². The van der Waals surface area contributed by atoms with Crippen molar-refractivity contribution in [3.63, 3.8) is 0 Å². The molecule has 0 saturated carbocycles. The molecule has 16 heteroatoms. The highest BCUT2D eigenvalue weighted by molar-refractivity contribution is 7.91. The minimum atomic E-state index is -4.52. The molecule has 1 unspecified atom stereocenters. The average Bonchev–Trinajstić information content (AvgIpc) is 2.96. The van der Waals surface area contributed by atoms with Gasteiger partial charge in [-0.05, 0) is 41.4 Å². The number of sulfone groups is 1. The topological polar surface area (TPSA) is 181 Å². The number of carbonyl (C=O) groups is 1. The van der Waals surface area contributed by atoms with Gasteiger partial charge in [-0.25, -0.2) is 23.4 Å². The number of nitrogens with zero attached hydrogens (tertiary/aromatic N) is 5. The Morgan fingerprint density at radius 1 is 1.02 bits per heavy atom. The number of hydrogen-bond acceptors (Lipinski definition) is 11. The maximum absolute atomic E-state index is 12.6. The van der Waals surface area contributed by atoms with Gasteiger partial charge in [-0.1, -0.05) is 37.6 Å². The summed E-state index contributed by atoms with van der Waals surface area (Å²) in [6.07, 6.45) is -1.35. The molecule has 12 nitrogen and oxygen atoms in total. The molecule has 4 rings (SSSR count). The van der Waals surface area contributed by atoms with Gasteiger partial charge in [0.2, 0.25) is 5.78 Å². The van der Waals surface area contributed by atoms with Crippen molar-refractivity contribution in [1.82, 2.24) is 9.97 Å². The molecule has 0 bridgehead atoms. The van der Waals surface area contributed by atoms with E-state index in [2.05, 4.69) is 30.3 Å². The molecule has 2 aromatic carbocycles. The lowest BCUT2D eigenvalue weighted by Gasteiger charge is -2.14. The number of H-pyrrole nitrogens is 1. The number of aromatic nitrogens is 2. The Labute approximate surface area is 230 Å². The van der Waals surface area contributed by atoms with Crippen molar-refractivity contribution in [3.8, 4) is 11.4 Å². The molecule has 0 spiro atoms. The predicted octanol–water partition coefficient (Wildman–Crippen LogP) is 4.93. The third kappa shape index (κ3) is 7.69. The van der Waals surface area contributed by atoms with Crippen LogP contribution < -0.4 is 5.56 Å². The first kappa shape index (κ1) is 30.8. The highest BCUT2D eigenvalue weighted by Gasteiger charge is 2.32. The number of Topliss-reactive ketones (excluding diaryl/α,β-unsaturated/α-hetero) is 1. The molecule has 1 N–H and O–H groups in total. The van der Waals surface area contributed by atoms with Gasteiger partial charge in [0.1, 0.15) is 11.9 Å². The van der Waals surface area contributed by atoms with Crippen LogP contribution in [0.5, 0.6) is 0 Å². The third-order valence-corrected chi connectivity index (χ3v) is 7.41. The Morgan fingerprint density at radius 2 is 1.76 bits per heavy atom.